The van der Waals surface area contributed by atoms with Gasteiger partial charge < -0.3 is 14.8 Å². The summed E-state index contributed by atoms with van der Waals surface area (Å²) in [6, 6.07) is 0.414. The first-order valence-corrected chi connectivity index (χ1v) is 6.29. The summed E-state index contributed by atoms with van der Waals surface area (Å²) in [7, 11) is 0. The molecule has 1 fully saturated rings. The highest BCUT2D eigenvalue weighted by molar-refractivity contribution is 5.70. The Morgan fingerprint density at radius 3 is 3.00 bits per heavy atom. The van der Waals surface area contributed by atoms with Crippen molar-refractivity contribution in [3.63, 3.8) is 0 Å². The lowest BCUT2D eigenvalue weighted by Crippen LogP contribution is -2.38. The molecule has 0 spiro atoms. The first-order chi connectivity index (χ1) is 7.83. The third kappa shape index (κ3) is 6.08. The molecule has 1 aliphatic heterocycles. The van der Waals surface area contributed by atoms with E-state index in [0.29, 0.717) is 19.3 Å². The summed E-state index contributed by atoms with van der Waals surface area (Å²) in [5.41, 5.74) is 0. The molecule has 1 aliphatic rings. The molecule has 1 rings (SSSR count). The molecule has 0 aliphatic carbocycles. The van der Waals surface area contributed by atoms with Crippen molar-refractivity contribution in [2.45, 2.75) is 45.1 Å². The van der Waals surface area contributed by atoms with Gasteiger partial charge in [0, 0.05) is 6.04 Å². The number of nitrogens with one attached hydrogen (secondary N) is 1. The summed E-state index contributed by atoms with van der Waals surface area (Å²) in [5, 5.41) is 3.37. The minimum atomic E-state index is -0.246. The monoisotopic (exact) mass is 229 g/mol. The Labute approximate surface area is 97.7 Å². The zero-order chi connectivity index (χ0) is 11.6. The Morgan fingerprint density at radius 2 is 2.31 bits per heavy atom. The van der Waals surface area contributed by atoms with Crippen LogP contribution < -0.4 is 5.32 Å². The Hall–Kier alpha value is -0.610. The predicted octanol–water partition coefficient (Wildman–Crippen LogP) is 1.49. The van der Waals surface area contributed by atoms with Crippen molar-refractivity contribution in [1.82, 2.24) is 5.32 Å². The zero-order valence-corrected chi connectivity index (χ0v) is 10.2. The molecule has 1 saturated heterocycles. The summed E-state index contributed by atoms with van der Waals surface area (Å²) < 4.78 is 10.3. The number of ether oxygens (including phenoxy) is 2. The maximum absolute atomic E-state index is 11.2. The van der Waals surface area contributed by atoms with Crippen molar-refractivity contribution in [2.75, 3.05) is 26.4 Å². The molecule has 1 heterocycles. The maximum atomic E-state index is 11.2. The van der Waals surface area contributed by atoms with Crippen LogP contribution in [0.25, 0.3) is 0 Å². The molecule has 94 valence electrons. The minimum absolute atomic E-state index is 0.0852. The van der Waals surface area contributed by atoms with E-state index in [1.54, 1.807) is 0 Å². The lowest BCUT2D eigenvalue weighted by Gasteiger charge is -2.22. The van der Waals surface area contributed by atoms with Gasteiger partial charge in [-0.15, -0.1) is 0 Å². The Bertz CT molecular complexity index is 191. The second kappa shape index (κ2) is 8.53. The molecule has 0 radical (unpaired) electrons. The Morgan fingerprint density at radius 1 is 1.44 bits per heavy atom. The second-order valence-electron chi connectivity index (χ2n) is 4.24. The molecule has 16 heavy (non-hydrogen) atoms. The average molecular weight is 229 g/mol. The molecule has 1 unspecified atom stereocenters. The zero-order valence-electron chi connectivity index (χ0n) is 10.2. The molecule has 0 aromatic carbocycles. The molecule has 0 aromatic rings. The van der Waals surface area contributed by atoms with Crippen LogP contribution in [0, 0.1) is 0 Å². The van der Waals surface area contributed by atoms with Crippen LogP contribution in [0.5, 0.6) is 0 Å². The molecular weight excluding hydrogens is 206 g/mol. The number of piperidine rings is 1. The smallest absolute Gasteiger partial charge is 0.332 e. The minimum Gasteiger partial charge on any atom is -0.464 e. The molecule has 4 nitrogen and oxygen atoms in total. The summed E-state index contributed by atoms with van der Waals surface area (Å²) in [6.07, 6.45) is 5.61. The molecule has 1 atom stereocenters. The van der Waals surface area contributed by atoms with Gasteiger partial charge in [-0.1, -0.05) is 19.8 Å². The third-order valence-electron chi connectivity index (χ3n) is 2.71. The molecule has 0 aromatic heterocycles. The van der Waals surface area contributed by atoms with Crippen molar-refractivity contribution in [1.29, 1.82) is 0 Å². The van der Waals surface area contributed by atoms with Crippen molar-refractivity contribution in [3.8, 4) is 0 Å². The normalized spacial score (nSPS) is 20.7. The van der Waals surface area contributed by atoms with Crippen LogP contribution >= 0.6 is 0 Å². The van der Waals surface area contributed by atoms with E-state index in [4.69, 9.17) is 9.47 Å². The number of esters is 1. The van der Waals surface area contributed by atoms with E-state index in [1.807, 2.05) is 0 Å². The molecule has 0 saturated carbocycles. The van der Waals surface area contributed by atoms with Crippen LogP contribution in [0.4, 0.5) is 0 Å². The maximum Gasteiger partial charge on any atom is 0.332 e. The van der Waals surface area contributed by atoms with Crippen LogP contribution in [0.3, 0.4) is 0 Å². The number of unbranched alkanes of at least 4 members (excludes halogenated alkanes) is 1. The van der Waals surface area contributed by atoms with E-state index in [2.05, 4.69) is 12.2 Å². The molecule has 0 bridgehead atoms. The Kier molecular flexibility index (Phi) is 7.17. The first kappa shape index (κ1) is 13.5. The van der Waals surface area contributed by atoms with Crippen LogP contribution in [-0.4, -0.2) is 38.4 Å². The van der Waals surface area contributed by atoms with Crippen molar-refractivity contribution < 1.29 is 14.3 Å². The topological polar surface area (TPSA) is 47.6 Å². The quantitative estimate of drug-likeness (QED) is 0.531. The Balaban J connectivity index is 1.94. The number of hydrogen-bond acceptors (Lipinski definition) is 4. The van der Waals surface area contributed by atoms with Crippen LogP contribution in [0.2, 0.25) is 0 Å². The number of rotatable bonds is 7. The fourth-order valence-corrected chi connectivity index (χ4v) is 1.72. The lowest BCUT2D eigenvalue weighted by atomic mass is 10.1. The van der Waals surface area contributed by atoms with Gasteiger partial charge in [-0.2, -0.15) is 0 Å². The van der Waals surface area contributed by atoms with E-state index in [9.17, 15) is 4.79 Å². The number of carbonyl (C=O) groups excluding carboxylic acids is 1. The van der Waals surface area contributed by atoms with E-state index >= 15 is 0 Å². The predicted molar refractivity (Wildman–Crippen MR) is 62.3 cm³/mol. The molecule has 0 amide bonds. The second-order valence-corrected chi connectivity index (χ2v) is 4.24. The van der Waals surface area contributed by atoms with Gasteiger partial charge in [0.05, 0.1) is 13.2 Å². The summed E-state index contributed by atoms with van der Waals surface area (Å²) in [5.74, 6) is -0.246. The number of hydrogen-bond donors (Lipinski definition) is 1. The lowest BCUT2D eigenvalue weighted by molar-refractivity contribution is -0.149. The van der Waals surface area contributed by atoms with Crippen LogP contribution in [0.1, 0.15) is 39.0 Å². The molecule has 4 heteroatoms. The molecule has 1 N–H and O–H groups in total. The standard InChI is InChI=1S/C12H23NO3/c1-2-3-8-16-12(14)10-15-9-11-6-4-5-7-13-11/h11,13H,2-10H2,1H3. The highest BCUT2D eigenvalue weighted by atomic mass is 16.6. The van der Waals surface area contributed by atoms with Gasteiger partial charge in [-0.25, -0.2) is 4.79 Å². The van der Waals surface area contributed by atoms with Crippen molar-refractivity contribution in [3.05, 3.63) is 0 Å². The average Bonchev–Trinajstić information content (AvgIpc) is 2.31. The fourth-order valence-electron chi connectivity index (χ4n) is 1.72. The van der Waals surface area contributed by atoms with Gasteiger partial charge in [-0.3, -0.25) is 0 Å². The fraction of sp³-hybridized carbons (Fsp3) is 0.917. The van der Waals surface area contributed by atoms with Crippen molar-refractivity contribution in [2.24, 2.45) is 0 Å². The summed E-state index contributed by atoms with van der Waals surface area (Å²) in [6.45, 7) is 4.35. The van der Waals surface area contributed by atoms with Gasteiger partial charge in [0.2, 0.25) is 0 Å². The van der Waals surface area contributed by atoms with Crippen molar-refractivity contribution >= 4 is 5.97 Å². The molecular formula is C12H23NO3. The van der Waals surface area contributed by atoms with Gasteiger partial charge in [0.15, 0.2) is 0 Å². The summed E-state index contributed by atoms with van der Waals surface area (Å²) in [4.78, 5) is 11.2. The van der Waals surface area contributed by atoms with Gasteiger partial charge in [0.25, 0.3) is 0 Å². The number of carbonyl (C=O) groups is 1. The van der Waals surface area contributed by atoms with E-state index in [0.717, 1.165) is 25.8 Å². The van der Waals surface area contributed by atoms with E-state index < -0.39 is 0 Å². The van der Waals surface area contributed by atoms with Gasteiger partial charge >= 0.3 is 5.97 Å². The van der Waals surface area contributed by atoms with Gasteiger partial charge in [-0.05, 0) is 25.8 Å². The third-order valence-corrected chi connectivity index (χ3v) is 2.71. The largest absolute Gasteiger partial charge is 0.464 e. The van der Waals surface area contributed by atoms with Crippen LogP contribution in [-0.2, 0) is 14.3 Å². The highest BCUT2D eigenvalue weighted by Crippen LogP contribution is 2.06. The van der Waals surface area contributed by atoms with Crippen LogP contribution in [0.15, 0.2) is 0 Å². The SMILES string of the molecule is CCCCOC(=O)COCC1CCCCN1. The van der Waals surface area contributed by atoms with E-state index in [-0.39, 0.29) is 12.6 Å². The van der Waals surface area contributed by atoms with E-state index in [1.165, 1.54) is 12.8 Å². The van der Waals surface area contributed by atoms with Gasteiger partial charge in [0.1, 0.15) is 6.61 Å². The first-order valence-electron chi connectivity index (χ1n) is 6.29. The highest BCUT2D eigenvalue weighted by Gasteiger charge is 2.13. The summed E-state index contributed by atoms with van der Waals surface area (Å²) >= 11 is 0.